The smallest absolute Gasteiger partial charge is 0.197 e. The quantitative estimate of drug-likeness (QED) is 0.127. The lowest BCUT2D eigenvalue weighted by Gasteiger charge is -2.25. The van der Waals surface area contributed by atoms with E-state index >= 15 is 0 Å². The fourth-order valence-corrected chi connectivity index (χ4v) is 15.8. The van der Waals surface area contributed by atoms with Crippen LogP contribution in [0.25, 0.3) is 215 Å². The first kappa shape index (κ1) is 57.8. The number of rotatable bonds is 10. The van der Waals surface area contributed by atoms with Gasteiger partial charge in [-0.2, -0.15) is 0 Å². The SMILES string of the molecule is [C-]#[N+]c1cc(-c2nc(-c3ccccc3)nc(-c3ccc4oc5ccccc5c4c3)n2)c(-n2c3ccc(-c4ccccc4)cc3c3c4oc5ccc(-c6ccccc6)cc5c4ccc32)c(-n2c3ccc(-c4ccccc4)cc3c3c4oc5ccc(-c6ccccc6)cc5c4ccc32)c1-c1ccccc1. The van der Waals surface area contributed by atoms with Crippen LogP contribution in [-0.2, 0) is 0 Å². The summed E-state index contributed by atoms with van der Waals surface area (Å²) in [4.78, 5) is 21.4. The number of aromatic nitrogens is 5. The van der Waals surface area contributed by atoms with Crippen molar-refractivity contribution >= 4 is 115 Å². The first-order valence-electron chi connectivity index (χ1n) is 34.5. The lowest BCUT2D eigenvalue weighted by atomic mass is 9.95. The average molecular weight is 1320 g/mol. The Kier molecular flexibility index (Phi) is 12.9. The van der Waals surface area contributed by atoms with Crippen LogP contribution >= 0.6 is 0 Å². The molecule has 103 heavy (non-hydrogen) atoms. The lowest BCUT2D eigenvalue weighted by molar-refractivity contribution is 0.669. The van der Waals surface area contributed by atoms with Crippen molar-refractivity contribution in [3.05, 3.63) is 339 Å². The van der Waals surface area contributed by atoms with Crippen LogP contribution in [0.1, 0.15) is 0 Å². The molecule has 15 aromatic carbocycles. The molecule has 0 aliphatic heterocycles. The van der Waals surface area contributed by atoms with Crippen molar-refractivity contribution < 1.29 is 13.3 Å². The Morgan fingerprint density at radius 1 is 0.252 bits per heavy atom. The normalized spacial score (nSPS) is 11.9. The molecule has 0 saturated carbocycles. The molecule has 6 heterocycles. The third-order valence-corrected chi connectivity index (χ3v) is 20.6. The molecule has 6 aromatic heterocycles. The number of fused-ring (bicyclic) bond motifs is 17. The molecular formula is C94H54N6O3. The maximum absolute atomic E-state index is 9.64. The zero-order valence-corrected chi connectivity index (χ0v) is 55.1. The summed E-state index contributed by atoms with van der Waals surface area (Å²) in [5, 5.41) is 9.68. The number of hydrogen-bond donors (Lipinski definition) is 0. The van der Waals surface area contributed by atoms with Crippen LogP contribution in [0.4, 0.5) is 5.69 Å². The monoisotopic (exact) mass is 1310 g/mol. The first-order chi connectivity index (χ1) is 51.0. The maximum Gasteiger partial charge on any atom is 0.197 e. The van der Waals surface area contributed by atoms with Crippen LogP contribution in [0.3, 0.4) is 0 Å². The van der Waals surface area contributed by atoms with E-state index < -0.39 is 0 Å². The lowest BCUT2D eigenvalue weighted by Crippen LogP contribution is -2.10. The molecule has 0 radical (unpaired) electrons. The second-order valence-electron chi connectivity index (χ2n) is 26.4. The molecule has 0 bridgehead atoms. The molecule has 21 rings (SSSR count). The zero-order valence-electron chi connectivity index (χ0n) is 55.1. The van der Waals surface area contributed by atoms with Gasteiger partial charge in [-0.3, -0.25) is 0 Å². The Bertz CT molecular complexity index is 7090. The maximum atomic E-state index is 9.64. The predicted octanol–water partition coefficient (Wildman–Crippen LogP) is 25.7. The first-order valence-corrected chi connectivity index (χ1v) is 34.5. The number of para-hydroxylation sites is 1. The highest BCUT2D eigenvalue weighted by molar-refractivity contribution is 6.27. The summed E-state index contributed by atoms with van der Waals surface area (Å²) in [5.41, 5.74) is 22.3. The summed E-state index contributed by atoms with van der Waals surface area (Å²) < 4.78 is 25.9. The fraction of sp³-hybridized carbons (Fsp3) is 0. The van der Waals surface area contributed by atoms with E-state index in [2.05, 4.69) is 269 Å². The molecule has 0 unspecified atom stereocenters. The van der Waals surface area contributed by atoms with E-state index in [9.17, 15) is 6.57 Å². The van der Waals surface area contributed by atoms with Crippen molar-refractivity contribution in [3.63, 3.8) is 0 Å². The van der Waals surface area contributed by atoms with Gasteiger partial charge in [0.2, 0.25) is 0 Å². The standard InChI is InChI=1S/C94H54N6O3/c1-95-76-55-75(94-97-92(61-32-18-7-19-33-61)96-93(98-94)66-40-49-82-70(54-66)67-34-20-21-35-81(67)101-82)88(99-77-43-36-62(56-22-8-2-9-23-56)52-73(77)86-79(99)45-41-68-71-50-64(58-26-12-4-13-27-58)38-47-83(71)102-90(68)86)89(85(76)60-30-16-6-17-31-60)100-78-44-37-63(57-24-10-3-11-25-57)53-74(78)87-80(100)46-42-69-72-51-65(59-28-14-5-15-29-59)39-48-84(72)103-91(69)87/h2-55H. The van der Waals surface area contributed by atoms with Crippen molar-refractivity contribution in [2.45, 2.75) is 0 Å². The van der Waals surface area contributed by atoms with Gasteiger partial charge in [-0.05, 0) is 153 Å². The Morgan fingerprint density at radius 3 is 1.11 bits per heavy atom. The van der Waals surface area contributed by atoms with Gasteiger partial charge >= 0.3 is 0 Å². The second-order valence-corrected chi connectivity index (χ2v) is 26.4. The molecule has 9 nitrogen and oxygen atoms in total. The van der Waals surface area contributed by atoms with Crippen LogP contribution in [0, 0.1) is 6.57 Å². The van der Waals surface area contributed by atoms with Crippen molar-refractivity contribution in [3.8, 4) is 101 Å². The van der Waals surface area contributed by atoms with Crippen molar-refractivity contribution in [1.82, 2.24) is 24.1 Å². The molecular weight excluding hydrogens is 1260 g/mol. The van der Waals surface area contributed by atoms with E-state index in [0.29, 0.717) is 34.3 Å². The number of nitrogens with zero attached hydrogens (tertiary/aromatic N) is 6. The van der Waals surface area contributed by atoms with Crippen LogP contribution in [0.15, 0.2) is 341 Å². The van der Waals surface area contributed by atoms with Gasteiger partial charge < -0.3 is 22.4 Å². The van der Waals surface area contributed by atoms with E-state index in [0.717, 1.165) is 182 Å². The molecule has 9 heteroatoms. The van der Waals surface area contributed by atoms with E-state index in [1.807, 2.05) is 72.8 Å². The number of hydrogen-bond acceptors (Lipinski definition) is 6. The molecule has 21 aromatic rings. The summed E-state index contributed by atoms with van der Waals surface area (Å²) in [6.45, 7) is 9.64. The summed E-state index contributed by atoms with van der Waals surface area (Å²) >= 11 is 0. The van der Waals surface area contributed by atoms with Crippen LogP contribution < -0.4 is 0 Å². The molecule has 0 aliphatic carbocycles. The zero-order chi connectivity index (χ0) is 67.8. The van der Waals surface area contributed by atoms with Gasteiger partial charge in [0, 0.05) is 65.3 Å². The Morgan fingerprint density at radius 2 is 0.612 bits per heavy atom. The van der Waals surface area contributed by atoms with Crippen molar-refractivity contribution in [2.24, 2.45) is 0 Å². The molecule has 0 N–H and O–H groups in total. The second kappa shape index (κ2) is 22.9. The predicted molar refractivity (Wildman–Crippen MR) is 420 cm³/mol. The number of furan rings is 3. The molecule has 0 fully saturated rings. The summed E-state index contributed by atoms with van der Waals surface area (Å²) in [7, 11) is 0. The van der Waals surface area contributed by atoms with Crippen molar-refractivity contribution in [1.29, 1.82) is 0 Å². The van der Waals surface area contributed by atoms with E-state index in [4.69, 9.17) is 28.2 Å². The molecule has 0 aliphatic rings. The fourth-order valence-electron chi connectivity index (χ4n) is 15.8. The third kappa shape index (κ3) is 9.15. The molecule has 0 spiro atoms. The Hall–Kier alpha value is -14.2. The van der Waals surface area contributed by atoms with Gasteiger partial charge in [0.15, 0.2) is 23.2 Å². The molecule has 0 atom stereocenters. The van der Waals surface area contributed by atoms with E-state index in [1.54, 1.807) is 0 Å². The molecule has 478 valence electrons. The van der Waals surface area contributed by atoms with Gasteiger partial charge in [0.05, 0.1) is 50.8 Å². The Labute approximate surface area is 589 Å². The minimum absolute atomic E-state index is 0.358. The van der Waals surface area contributed by atoms with Crippen molar-refractivity contribution in [2.75, 3.05) is 0 Å². The molecule has 0 saturated heterocycles. The van der Waals surface area contributed by atoms with E-state index in [1.165, 1.54) is 0 Å². The summed E-state index contributed by atoms with van der Waals surface area (Å²) in [5.74, 6) is 1.27. The van der Waals surface area contributed by atoms with Crippen LogP contribution in [0.5, 0.6) is 0 Å². The van der Waals surface area contributed by atoms with Crippen LogP contribution in [0.2, 0.25) is 0 Å². The van der Waals surface area contributed by atoms with Gasteiger partial charge in [0.25, 0.3) is 0 Å². The summed E-state index contributed by atoms with van der Waals surface area (Å²) in [6.07, 6.45) is 0. The highest BCUT2D eigenvalue weighted by atomic mass is 16.3. The topological polar surface area (TPSA) is 92.3 Å². The van der Waals surface area contributed by atoms with Gasteiger partial charge in [-0.1, -0.05) is 224 Å². The largest absolute Gasteiger partial charge is 0.456 e. The van der Waals surface area contributed by atoms with Crippen LogP contribution in [-0.4, -0.2) is 24.1 Å². The highest BCUT2D eigenvalue weighted by Crippen LogP contribution is 2.53. The van der Waals surface area contributed by atoms with Gasteiger partial charge in [-0.15, -0.1) is 0 Å². The molecule has 0 amide bonds. The van der Waals surface area contributed by atoms with Gasteiger partial charge in [0.1, 0.15) is 33.5 Å². The minimum Gasteiger partial charge on any atom is -0.456 e. The number of benzene rings is 15. The van der Waals surface area contributed by atoms with E-state index in [-0.39, 0.29) is 0 Å². The summed E-state index contributed by atoms with van der Waals surface area (Å²) in [6, 6.07) is 114. The van der Waals surface area contributed by atoms with Gasteiger partial charge in [-0.25, -0.2) is 19.8 Å². The Balaban J connectivity index is 0.953. The average Bonchev–Trinajstić information content (AvgIpc) is 1.57. The third-order valence-electron chi connectivity index (χ3n) is 20.6. The highest BCUT2D eigenvalue weighted by Gasteiger charge is 2.32. The minimum atomic E-state index is 0.358.